The van der Waals surface area contributed by atoms with Gasteiger partial charge in [0.1, 0.15) is 23.4 Å². The van der Waals surface area contributed by atoms with E-state index in [1.807, 2.05) is 13.8 Å². The number of rotatable bonds is 16. The highest BCUT2D eigenvalue weighted by molar-refractivity contribution is 6.30. The molecule has 0 saturated heterocycles. The van der Waals surface area contributed by atoms with Crippen molar-refractivity contribution in [2.75, 3.05) is 7.11 Å². The highest BCUT2D eigenvalue weighted by Crippen LogP contribution is 2.27. The quantitative estimate of drug-likeness (QED) is 0.122. The summed E-state index contributed by atoms with van der Waals surface area (Å²) in [6.45, 7) is 11.8. The van der Waals surface area contributed by atoms with Gasteiger partial charge in [0, 0.05) is 18.0 Å². The van der Waals surface area contributed by atoms with Crippen molar-refractivity contribution in [3.05, 3.63) is 100 Å². The normalized spacial score (nSPS) is 13.9. The minimum atomic E-state index is -5.23. The lowest BCUT2D eigenvalue weighted by Crippen LogP contribution is -2.55. The highest BCUT2D eigenvalue weighted by atomic mass is 35.5. The topological polar surface area (TPSA) is 152 Å². The van der Waals surface area contributed by atoms with Crippen LogP contribution >= 0.6 is 11.6 Å². The molecule has 0 aromatic heterocycles. The van der Waals surface area contributed by atoms with Gasteiger partial charge in [-0.1, -0.05) is 87.8 Å². The summed E-state index contributed by atoms with van der Waals surface area (Å²) in [6.07, 6.45) is -5.89. The number of hydrogen-bond acceptors (Lipinski definition) is 7. The molecule has 3 rings (SSSR count). The number of alkyl carbamates (subject to hydrolysis) is 1. The molecule has 4 unspecified atom stereocenters. The van der Waals surface area contributed by atoms with Crippen LogP contribution in [0.15, 0.2) is 72.8 Å². The van der Waals surface area contributed by atoms with E-state index in [2.05, 4.69) is 21.3 Å². The number of hydrogen-bond donors (Lipinski definition) is 4. The van der Waals surface area contributed by atoms with E-state index < -0.39 is 71.3 Å². The van der Waals surface area contributed by atoms with E-state index in [4.69, 9.17) is 21.1 Å². The summed E-state index contributed by atoms with van der Waals surface area (Å²) in [5.74, 6) is -6.03. The van der Waals surface area contributed by atoms with Crippen molar-refractivity contribution in [2.24, 2.45) is 11.8 Å². The Labute approximate surface area is 330 Å². The molecule has 0 fully saturated rings. The number of carbonyl (C=O) groups excluding carboxylic acids is 5. The number of ketones is 1. The first-order valence-electron chi connectivity index (χ1n) is 18.1. The molecule has 4 N–H and O–H groups in total. The Balaban J connectivity index is 1.99. The third kappa shape index (κ3) is 13.6. The van der Waals surface area contributed by atoms with Crippen LogP contribution in [-0.4, -0.2) is 60.6 Å². The molecule has 304 valence electrons. The number of benzene rings is 3. The second-order valence-electron chi connectivity index (χ2n) is 15.0. The van der Waals surface area contributed by atoms with Gasteiger partial charge in [-0.25, -0.2) is 4.79 Å². The Bertz CT molecular complexity index is 1810. The minimum absolute atomic E-state index is 0.0685. The molecular weight excluding hydrogens is 753 g/mol. The van der Waals surface area contributed by atoms with Gasteiger partial charge in [0.05, 0.1) is 19.1 Å². The third-order valence-electron chi connectivity index (χ3n) is 8.63. The Morgan fingerprint density at radius 1 is 0.696 bits per heavy atom. The van der Waals surface area contributed by atoms with Gasteiger partial charge in [-0.05, 0) is 79.1 Å². The largest absolute Gasteiger partial charge is 0.497 e. The van der Waals surface area contributed by atoms with Crippen LogP contribution in [0.3, 0.4) is 0 Å². The van der Waals surface area contributed by atoms with Crippen LogP contribution in [0.4, 0.5) is 18.0 Å². The van der Waals surface area contributed by atoms with E-state index in [9.17, 15) is 37.1 Å². The Morgan fingerprint density at radius 3 is 1.75 bits per heavy atom. The molecule has 0 radical (unpaired) electrons. The number of methoxy groups -OCH3 is 1. The Hall–Kier alpha value is -5.11. The van der Waals surface area contributed by atoms with Crippen LogP contribution in [0.25, 0.3) is 0 Å². The first-order chi connectivity index (χ1) is 26.1. The fourth-order valence-electron chi connectivity index (χ4n) is 5.78. The highest BCUT2D eigenvalue weighted by Gasteiger charge is 2.45. The van der Waals surface area contributed by atoms with Crippen molar-refractivity contribution in [1.29, 1.82) is 0 Å². The van der Waals surface area contributed by atoms with Crippen LogP contribution < -0.4 is 26.0 Å². The fraction of sp³-hybridized carbons (Fsp3) is 0.439. The zero-order valence-corrected chi connectivity index (χ0v) is 33.4. The Morgan fingerprint density at radius 2 is 1.25 bits per heavy atom. The molecule has 0 heterocycles. The predicted molar refractivity (Wildman–Crippen MR) is 206 cm³/mol. The molecule has 0 spiro atoms. The van der Waals surface area contributed by atoms with Gasteiger partial charge < -0.3 is 30.7 Å². The predicted octanol–water partition coefficient (Wildman–Crippen LogP) is 6.97. The molecule has 0 aliphatic carbocycles. The number of carbonyl (C=O) groups is 5. The average molecular weight is 803 g/mol. The number of ether oxygens (including phenoxy) is 2. The number of alkyl halides is 3. The standard InChI is InChI=1S/C41H50ClF3N4O7/c1-23(2)32(27-13-17-29(42)18-14-27)37(52)47-31(21-25-9-11-26(12-10-25)22-46-39(54)56-40(5,6)7)36(51)49-34(28-15-19-30(55-8)20-16-28)38(53)48-33(24(3)4)35(50)41(43,44)45/h9-20,23-24,31-34H,21-22H2,1-8H3,(H,46,54)(H,47,52)(H,48,53)(H,49,51). The lowest BCUT2D eigenvalue weighted by molar-refractivity contribution is -0.175. The monoisotopic (exact) mass is 802 g/mol. The number of amides is 4. The van der Waals surface area contributed by atoms with Crippen molar-refractivity contribution in [1.82, 2.24) is 21.3 Å². The van der Waals surface area contributed by atoms with Gasteiger partial charge in [-0.3, -0.25) is 19.2 Å². The molecule has 4 atom stereocenters. The van der Waals surface area contributed by atoms with E-state index in [1.165, 1.54) is 45.2 Å². The van der Waals surface area contributed by atoms with Crippen molar-refractivity contribution < 1.29 is 46.6 Å². The van der Waals surface area contributed by atoms with E-state index >= 15 is 0 Å². The summed E-state index contributed by atoms with van der Waals surface area (Å²) < 4.78 is 51.1. The first kappa shape index (κ1) is 45.3. The molecule has 56 heavy (non-hydrogen) atoms. The van der Waals surface area contributed by atoms with Crippen LogP contribution in [0, 0.1) is 11.8 Å². The molecule has 11 nitrogen and oxygen atoms in total. The van der Waals surface area contributed by atoms with Crippen molar-refractivity contribution in [2.45, 2.75) is 97.3 Å². The number of halogens is 4. The van der Waals surface area contributed by atoms with Crippen molar-refractivity contribution >= 4 is 41.2 Å². The molecule has 0 saturated carbocycles. The molecule has 4 amide bonds. The molecule has 3 aromatic carbocycles. The van der Waals surface area contributed by atoms with Crippen LogP contribution in [0.5, 0.6) is 5.75 Å². The van der Waals surface area contributed by atoms with E-state index in [0.29, 0.717) is 21.9 Å². The van der Waals surface area contributed by atoms with Gasteiger partial charge >= 0.3 is 12.3 Å². The molecule has 3 aromatic rings. The van der Waals surface area contributed by atoms with Crippen LogP contribution in [-0.2, 0) is 36.9 Å². The minimum Gasteiger partial charge on any atom is -0.497 e. The van der Waals surface area contributed by atoms with Gasteiger partial charge in [-0.2, -0.15) is 13.2 Å². The molecular formula is C41H50ClF3N4O7. The second kappa shape index (κ2) is 19.7. The summed E-state index contributed by atoms with van der Waals surface area (Å²) in [4.78, 5) is 66.6. The van der Waals surface area contributed by atoms with Gasteiger partial charge in [0.2, 0.25) is 17.7 Å². The molecule has 15 heteroatoms. The zero-order chi connectivity index (χ0) is 42.0. The van der Waals surface area contributed by atoms with Crippen LogP contribution in [0.1, 0.15) is 82.7 Å². The first-order valence-corrected chi connectivity index (χ1v) is 18.4. The second-order valence-corrected chi connectivity index (χ2v) is 15.5. The number of nitrogens with one attached hydrogen (secondary N) is 4. The number of Topliss-reactive ketones (excluding diaryl/α,β-unsaturated/α-hetero) is 1. The van der Waals surface area contributed by atoms with E-state index in [0.717, 1.165) is 5.56 Å². The smallest absolute Gasteiger partial charge is 0.452 e. The van der Waals surface area contributed by atoms with E-state index in [-0.39, 0.29) is 24.4 Å². The maximum atomic E-state index is 14.3. The summed E-state index contributed by atoms with van der Waals surface area (Å²) in [6, 6.07) is 14.7. The van der Waals surface area contributed by atoms with E-state index in [1.54, 1.807) is 69.3 Å². The van der Waals surface area contributed by atoms with Crippen molar-refractivity contribution in [3.8, 4) is 5.75 Å². The van der Waals surface area contributed by atoms with Gasteiger partial charge in [0.15, 0.2) is 0 Å². The van der Waals surface area contributed by atoms with Gasteiger partial charge in [0.25, 0.3) is 5.78 Å². The molecule has 0 aliphatic rings. The molecule has 0 aliphatic heterocycles. The Kier molecular flexibility index (Phi) is 15.9. The summed E-state index contributed by atoms with van der Waals surface area (Å²) in [5.41, 5.74) is 1.45. The third-order valence-corrected chi connectivity index (χ3v) is 8.89. The molecule has 0 bridgehead atoms. The summed E-state index contributed by atoms with van der Waals surface area (Å²) in [5, 5.41) is 10.8. The average Bonchev–Trinajstić information content (AvgIpc) is 3.11. The van der Waals surface area contributed by atoms with Crippen molar-refractivity contribution in [3.63, 3.8) is 0 Å². The zero-order valence-electron chi connectivity index (χ0n) is 32.7. The summed E-state index contributed by atoms with van der Waals surface area (Å²) >= 11 is 6.10. The fourth-order valence-corrected chi connectivity index (χ4v) is 5.91. The maximum Gasteiger partial charge on any atom is 0.452 e. The lowest BCUT2D eigenvalue weighted by atomic mass is 9.87. The maximum absolute atomic E-state index is 14.3. The van der Waals surface area contributed by atoms with Gasteiger partial charge in [-0.15, -0.1) is 0 Å². The lowest BCUT2D eigenvalue weighted by Gasteiger charge is -2.28. The van der Waals surface area contributed by atoms with Crippen LogP contribution in [0.2, 0.25) is 5.02 Å². The SMILES string of the molecule is COc1ccc(C(NC(=O)C(Cc2ccc(CNC(=O)OC(C)(C)C)cc2)NC(=O)C(c2ccc(Cl)cc2)C(C)C)C(=O)NC(C(=O)C(F)(F)F)C(C)C)cc1. The summed E-state index contributed by atoms with van der Waals surface area (Å²) in [7, 11) is 1.42.